The zero-order chi connectivity index (χ0) is 25.4. The molecule has 1 unspecified atom stereocenters. The van der Waals surface area contributed by atoms with Crippen LogP contribution in [-0.2, 0) is 4.74 Å². The van der Waals surface area contributed by atoms with Crippen LogP contribution in [0.4, 0.5) is 4.79 Å². The van der Waals surface area contributed by atoms with Gasteiger partial charge in [-0.3, -0.25) is 14.1 Å². The smallest absolute Gasteiger partial charge is 0.410 e. The fraction of sp³-hybridized carbons (Fsp3) is 0.321. The predicted molar refractivity (Wildman–Crippen MR) is 138 cm³/mol. The van der Waals surface area contributed by atoms with Crippen molar-refractivity contribution in [2.75, 3.05) is 13.1 Å². The van der Waals surface area contributed by atoms with Gasteiger partial charge in [0.2, 0.25) is 0 Å². The number of benzene rings is 2. The molecule has 1 amide bonds. The highest BCUT2D eigenvalue weighted by Gasteiger charge is 2.33. The second-order valence-corrected chi connectivity index (χ2v) is 10.1. The van der Waals surface area contributed by atoms with Gasteiger partial charge in [-0.15, -0.1) is 0 Å². The number of fused-ring (bicyclic) bond motifs is 1. The molecule has 0 radical (unpaired) electrons. The van der Waals surface area contributed by atoms with Crippen molar-refractivity contribution in [1.29, 1.82) is 0 Å². The van der Waals surface area contributed by atoms with Crippen molar-refractivity contribution >= 4 is 17.1 Å². The van der Waals surface area contributed by atoms with Crippen molar-refractivity contribution in [3.63, 3.8) is 0 Å². The molecule has 0 saturated carbocycles. The van der Waals surface area contributed by atoms with E-state index in [1.165, 1.54) is 0 Å². The number of hydrogen-bond donors (Lipinski definition) is 0. The van der Waals surface area contributed by atoms with Gasteiger partial charge in [-0.25, -0.2) is 9.59 Å². The van der Waals surface area contributed by atoms with Crippen LogP contribution >= 0.6 is 0 Å². The third-order valence-electron chi connectivity index (χ3n) is 6.18. The Labute approximate surface area is 209 Å². The van der Waals surface area contributed by atoms with Crippen molar-refractivity contribution < 1.29 is 14.3 Å². The lowest BCUT2D eigenvalue weighted by Gasteiger charge is -2.24. The van der Waals surface area contributed by atoms with E-state index in [2.05, 4.69) is 4.98 Å². The van der Waals surface area contributed by atoms with Crippen LogP contribution in [0.15, 0.2) is 71.8 Å². The number of imidazole rings is 1. The lowest BCUT2D eigenvalue weighted by molar-refractivity contribution is 0.0289. The average molecular weight is 487 g/mol. The molecule has 5 rings (SSSR count). The number of aromatic nitrogens is 3. The average Bonchev–Trinajstić information content (AvgIpc) is 3.41. The summed E-state index contributed by atoms with van der Waals surface area (Å²) >= 11 is 0. The third-order valence-corrected chi connectivity index (χ3v) is 6.18. The van der Waals surface area contributed by atoms with Gasteiger partial charge in [0, 0.05) is 19.3 Å². The molecular formula is C28H30N4O4. The number of hydrogen-bond acceptors (Lipinski definition) is 5. The number of carbonyl (C=O) groups is 1. The molecule has 36 heavy (non-hydrogen) atoms. The summed E-state index contributed by atoms with van der Waals surface area (Å²) in [5.41, 5.74) is 2.60. The van der Waals surface area contributed by atoms with Gasteiger partial charge in [-0.05, 0) is 82.1 Å². The van der Waals surface area contributed by atoms with E-state index in [0.717, 1.165) is 22.5 Å². The second-order valence-electron chi connectivity index (χ2n) is 10.1. The van der Waals surface area contributed by atoms with Gasteiger partial charge < -0.3 is 14.4 Å². The first kappa shape index (κ1) is 23.7. The zero-order valence-electron chi connectivity index (χ0n) is 21.0. The normalized spacial score (nSPS) is 15.9. The highest BCUT2D eigenvalue weighted by molar-refractivity contribution is 5.77. The molecule has 8 heteroatoms. The first-order valence-electron chi connectivity index (χ1n) is 12.1. The molecule has 3 heterocycles. The first-order chi connectivity index (χ1) is 17.2. The fourth-order valence-electron chi connectivity index (χ4n) is 4.59. The lowest BCUT2D eigenvalue weighted by Crippen LogP contribution is -2.36. The monoisotopic (exact) mass is 486 g/mol. The summed E-state index contributed by atoms with van der Waals surface area (Å²) in [6.07, 6.45) is 3.70. The largest absolute Gasteiger partial charge is 0.457 e. The summed E-state index contributed by atoms with van der Waals surface area (Å²) in [5.74, 6) is 1.44. The Hall–Kier alpha value is -4.07. The van der Waals surface area contributed by atoms with Crippen molar-refractivity contribution in [2.24, 2.45) is 0 Å². The van der Waals surface area contributed by atoms with E-state index in [9.17, 15) is 9.59 Å². The second kappa shape index (κ2) is 9.18. The molecule has 4 aromatic rings. The van der Waals surface area contributed by atoms with E-state index >= 15 is 0 Å². The minimum absolute atomic E-state index is 0.153. The van der Waals surface area contributed by atoms with Crippen LogP contribution in [-0.4, -0.2) is 43.8 Å². The Kier molecular flexibility index (Phi) is 6.04. The summed E-state index contributed by atoms with van der Waals surface area (Å²) in [4.78, 5) is 32.2. The van der Waals surface area contributed by atoms with E-state index in [4.69, 9.17) is 9.47 Å². The van der Waals surface area contributed by atoms with Crippen LogP contribution in [0, 0.1) is 6.92 Å². The number of likely N-dealkylation sites (tertiary alicyclic amines) is 1. The molecule has 2 aromatic heterocycles. The Balaban J connectivity index is 1.45. The molecule has 186 valence electrons. The Morgan fingerprint density at radius 1 is 1.03 bits per heavy atom. The Morgan fingerprint density at radius 3 is 2.53 bits per heavy atom. The van der Waals surface area contributed by atoms with Crippen LogP contribution < -0.4 is 10.4 Å². The van der Waals surface area contributed by atoms with Crippen LogP contribution in [0.2, 0.25) is 0 Å². The van der Waals surface area contributed by atoms with Gasteiger partial charge in [0.15, 0.2) is 0 Å². The maximum absolute atomic E-state index is 13.7. The quantitative estimate of drug-likeness (QED) is 0.382. The van der Waals surface area contributed by atoms with Gasteiger partial charge in [-0.1, -0.05) is 12.1 Å². The van der Waals surface area contributed by atoms with E-state index in [0.29, 0.717) is 30.8 Å². The topological polar surface area (TPSA) is 78.6 Å². The zero-order valence-corrected chi connectivity index (χ0v) is 21.0. The molecule has 1 saturated heterocycles. The van der Waals surface area contributed by atoms with Crippen molar-refractivity contribution in [2.45, 2.75) is 45.8 Å². The van der Waals surface area contributed by atoms with E-state index in [1.54, 1.807) is 26.4 Å². The van der Waals surface area contributed by atoms with Gasteiger partial charge in [0.25, 0.3) is 0 Å². The minimum Gasteiger partial charge on any atom is -0.457 e. The molecule has 1 aliphatic rings. The van der Waals surface area contributed by atoms with E-state index in [1.807, 2.05) is 82.3 Å². The molecule has 1 atom stereocenters. The molecule has 0 N–H and O–H groups in total. The number of amides is 1. The van der Waals surface area contributed by atoms with E-state index in [-0.39, 0.29) is 17.8 Å². The third kappa shape index (κ3) is 4.71. The van der Waals surface area contributed by atoms with E-state index < -0.39 is 5.60 Å². The Bertz CT molecular complexity index is 1460. The van der Waals surface area contributed by atoms with Gasteiger partial charge in [0.1, 0.15) is 17.1 Å². The SMILES string of the molecule is Cc1cccc(Oc2ccc(-n3c(=O)n(C4CCN(C(=O)OC(C)(C)C)C4)c4ccncc43)cc2)c1. The highest BCUT2D eigenvalue weighted by atomic mass is 16.6. The molecule has 8 nitrogen and oxygen atoms in total. The molecular weight excluding hydrogens is 456 g/mol. The summed E-state index contributed by atoms with van der Waals surface area (Å²) in [6.45, 7) is 8.51. The summed E-state index contributed by atoms with van der Waals surface area (Å²) in [6, 6.07) is 17.0. The molecule has 0 bridgehead atoms. The molecule has 1 aliphatic heterocycles. The van der Waals surface area contributed by atoms with Crippen LogP contribution in [0.3, 0.4) is 0 Å². The first-order valence-corrected chi connectivity index (χ1v) is 12.1. The fourth-order valence-corrected chi connectivity index (χ4v) is 4.59. The van der Waals surface area contributed by atoms with Crippen LogP contribution in [0.1, 0.15) is 38.8 Å². The van der Waals surface area contributed by atoms with Crippen LogP contribution in [0.5, 0.6) is 11.5 Å². The van der Waals surface area contributed by atoms with Crippen molar-refractivity contribution in [3.05, 3.63) is 83.0 Å². The maximum atomic E-state index is 13.7. The number of nitrogens with zero attached hydrogens (tertiary/aromatic N) is 4. The molecule has 1 fully saturated rings. The summed E-state index contributed by atoms with van der Waals surface area (Å²) < 4.78 is 14.9. The highest BCUT2D eigenvalue weighted by Crippen LogP contribution is 2.28. The molecule has 2 aromatic carbocycles. The summed E-state index contributed by atoms with van der Waals surface area (Å²) in [5, 5.41) is 0. The number of pyridine rings is 1. The van der Waals surface area contributed by atoms with Crippen LogP contribution in [0.25, 0.3) is 16.7 Å². The number of ether oxygens (including phenoxy) is 2. The van der Waals surface area contributed by atoms with Crippen molar-refractivity contribution in [1.82, 2.24) is 19.0 Å². The Morgan fingerprint density at radius 2 is 1.81 bits per heavy atom. The van der Waals surface area contributed by atoms with Crippen molar-refractivity contribution in [3.8, 4) is 17.2 Å². The number of carbonyl (C=O) groups excluding carboxylic acids is 1. The minimum atomic E-state index is -0.567. The van der Waals surface area contributed by atoms with Gasteiger partial charge >= 0.3 is 11.8 Å². The molecule has 0 aliphatic carbocycles. The predicted octanol–water partition coefficient (Wildman–Crippen LogP) is 5.47. The molecule has 0 spiro atoms. The summed E-state index contributed by atoms with van der Waals surface area (Å²) in [7, 11) is 0. The maximum Gasteiger partial charge on any atom is 0.410 e. The number of rotatable bonds is 4. The van der Waals surface area contributed by atoms with Gasteiger partial charge in [-0.2, -0.15) is 0 Å². The van der Waals surface area contributed by atoms with Gasteiger partial charge in [0.05, 0.1) is 29.0 Å². The standard InChI is InChI=1S/C28H30N4O4/c1-19-6-5-7-23(16-19)35-22-10-8-20(9-11-22)31-25-17-29-14-12-24(25)32(26(31)33)21-13-15-30(18-21)27(34)36-28(2,3)4/h5-12,14,16-17,21H,13,15,18H2,1-4H3. The number of aryl methyl sites for hydroxylation is 1. The lowest BCUT2D eigenvalue weighted by atomic mass is 10.2.